The first-order valence-corrected chi connectivity index (χ1v) is 9.06. The van der Waals surface area contributed by atoms with Crippen LogP contribution >= 0.6 is 0 Å². The van der Waals surface area contributed by atoms with Crippen LogP contribution in [-0.2, 0) is 6.54 Å². The van der Waals surface area contributed by atoms with Gasteiger partial charge in [0.05, 0.1) is 17.9 Å². The van der Waals surface area contributed by atoms with Gasteiger partial charge in [-0.2, -0.15) is 15.3 Å². The van der Waals surface area contributed by atoms with E-state index in [0.717, 1.165) is 39.8 Å². The second kappa shape index (κ2) is 6.86. The minimum Gasteiger partial charge on any atom is -0.361 e. The first kappa shape index (κ1) is 17.8. The lowest BCUT2D eigenvalue weighted by molar-refractivity contribution is 0.325. The molecule has 0 bridgehead atoms. The molecular formula is C22H20N6. The average molecular weight is 368 g/mol. The van der Waals surface area contributed by atoms with E-state index >= 15 is 0 Å². The zero-order valence-corrected chi connectivity index (χ0v) is 16.1. The summed E-state index contributed by atoms with van der Waals surface area (Å²) >= 11 is 0. The summed E-state index contributed by atoms with van der Waals surface area (Å²) in [5.74, 6) is 0.361. The van der Waals surface area contributed by atoms with Crippen LogP contribution in [0.4, 0.5) is 5.82 Å². The Labute approximate surface area is 163 Å². The largest absolute Gasteiger partial charge is 0.361 e. The van der Waals surface area contributed by atoms with Crippen molar-refractivity contribution in [1.29, 1.82) is 0 Å². The van der Waals surface area contributed by atoms with Crippen molar-refractivity contribution in [2.24, 2.45) is 5.41 Å². The molecule has 0 amide bonds. The predicted octanol–water partition coefficient (Wildman–Crippen LogP) is 5.15. The highest BCUT2D eigenvalue weighted by Crippen LogP contribution is 2.33. The highest BCUT2D eigenvalue weighted by atomic mass is 15.3. The fourth-order valence-corrected chi connectivity index (χ4v) is 3.17. The van der Waals surface area contributed by atoms with Crippen LogP contribution in [0, 0.1) is 12.0 Å². The first-order valence-electron chi connectivity index (χ1n) is 9.06. The molecule has 4 aromatic rings. The maximum Gasteiger partial charge on any atom is 0.270 e. The molecule has 0 fully saturated rings. The van der Waals surface area contributed by atoms with Crippen molar-refractivity contribution in [3.8, 4) is 22.4 Å². The molecule has 0 N–H and O–H groups in total. The molecule has 0 unspecified atom stereocenters. The van der Waals surface area contributed by atoms with E-state index in [-0.39, 0.29) is 5.41 Å². The van der Waals surface area contributed by atoms with Gasteiger partial charge in [-0.25, -0.2) is 0 Å². The smallest absolute Gasteiger partial charge is 0.270 e. The molecule has 6 heteroatoms. The van der Waals surface area contributed by atoms with Crippen molar-refractivity contribution in [3.05, 3.63) is 66.4 Å². The summed E-state index contributed by atoms with van der Waals surface area (Å²) in [7, 11) is 0. The summed E-state index contributed by atoms with van der Waals surface area (Å²) < 4.78 is 1.95. The molecule has 0 aliphatic rings. The lowest BCUT2D eigenvalue weighted by atomic mass is 9.97. The van der Waals surface area contributed by atoms with Crippen LogP contribution in [0.15, 0.2) is 55.0 Å². The predicted molar refractivity (Wildman–Crippen MR) is 110 cm³/mol. The Morgan fingerprint density at radius 2 is 1.93 bits per heavy atom. The number of benzene rings is 1. The summed E-state index contributed by atoms with van der Waals surface area (Å²) in [6, 6.07) is 11.6. The topological polar surface area (TPSA) is 60.9 Å². The van der Waals surface area contributed by atoms with Crippen LogP contribution in [0.1, 0.15) is 20.8 Å². The van der Waals surface area contributed by atoms with Gasteiger partial charge in [-0.1, -0.05) is 39.5 Å². The number of hydrogen-bond donors (Lipinski definition) is 0. The van der Waals surface area contributed by atoms with Crippen LogP contribution in [0.5, 0.6) is 0 Å². The van der Waals surface area contributed by atoms with Crippen molar-refractivity contribution < 1.29 is 0 Å². The molecule has 0 atom stereocenters. The fourth-order valence-electron chi connectivity index (χ4n) is 3.17. The average Bonchev–Trinajstić information content (AvgIpc) is 3.13. The summed E-state index contributed by atoms with van der Waals surface area (Å²) in [5, 5.41) is 13.7. The molecule has 4 rings (SSSR count). The van der Waals surface area contributed by atoms with E-state index in [1.165, 1.54) is 0 Å². The summed E-state index contributed by atoms with van der Waals surface area (Å²) in [4.78, 5) is 8.09. The highest BCUT2D eigenvalue weighted by Gasteiger charge is 2.18. The molecule has 0 aliphatic carbocycles. The molecule has 0 saturated heterocycles. The Kier molecular flexibility index (Phi) is 4.36. The van der Waals surface area contributed by atoms with Gasteiger partial charge < -0.3 is 4.85 Å². The van der Waals surface area contributed by atoms with Gasteiger partial charge in [-0.15, -0.1) is 4.98 Å². The molecule has 1 aromatic carbocycles. The van der Waals surface area contributed by atoms with Gasteiger partial charge in [-0.3, -0.25) is 4.68 Å². The number of aromatic nitrogens is 5. The Balaban J connectivity index is 1.83. The zero-order chi connectivity index (χ0) is 19.7. The van der Waals surface area contributed by atoms with Crippen molar-refractivity contribution in [1.82, 2.24) is 25.0 Å². The van der Waals surface area contributed by atoms with Crippen LogP contribution in [-0.4, -0.2) is 25.0 Å². The molecule has 3 heterocycles. The Bertz CT molecular complexity index is 1190. The van der Waals surface area contributed by atoms with E-state index in [2.05, 4.69) is 45.9 Å². The number of nitrogens with zero attached hydrogens (tertiary/aromatic N) is 6. The van der Waals surface area contributed by atoms with Gasteiger partial charge in [0.15, 0.2) is 5.69 Å². The Morgan fingerprint density at radius 1 is 1.07 bits per heavy atom. The zero-order valence-electron chi connectivity index (χ0n) is 16.1. The van der Waals surface area contributed by atoms with Gasteiger partial charge in [0.2, 0.25) is 0 Å². The molecule has 0 radical (unpaired) electrons. The standard InChI is InChI=1S/C22H20N6/c1-22(2,3)14-28-13-17(12-25-28)18-7-8-20(23-4)26-21(18)16-6-5-15-9-10-24-27-19(15)11-16/h5-13H,14H2,1-3H3. The minimum atomic E-state index is 0.134. The molecule has 0 spiro atoms. The number of hydrogen-bond acceptors (Lipinski definition) is 4. The van der Waals surface area contributed by atoms with E-state index in [9.17, 15) is 0 Å². The Morgan fingerprint density at radius 3 is 2.71 bits per heavy atom. The summed E-state index contributed by atoms with van der Waals surface area (Å²) in [6.07, 6.45) is 5.56. The number of rotatable bonds is 3. The summed E-state index contributed by atoms with van der Waals surface area (Å²) in [5.41, 5.74) is 4.49. The van der Waals surface area contributed by atoms with Crippen LogP contribution in [0.2, 0.25) is 0 Å². The van der Waals surface area contributed by atoms with Crippen molar-refractivity contribution in [3.63, 3.8) is 0 Å². The van der Waals surface area contributed by atoms with E-state index in [1.807, 2.05) is 47.4 Å². The van der Waals surface area contributed by atoms with Gasteiger partial charge in [-0.05, 0) is 29.7 Å². The van der Waals surface area contributed by atoms with Crippen molar-refractivity contribution >= 4 is 16.7 Å². The second-order valence-corrected chi connectivity index (χ2v) is 7.97. The second-order valence-electron chi connectivity index (χ2n) is 7.97. The Hall–Kier alpha value is -3.59. The van der Waals surface area contributed by atoms with E-state index in [4.69, 9.17) is 6.57 Å². The minimum absolute atomic E-state index is 0.134. The van der Waals surface area contributed by atoms with Gasteiger partial charge >= 0.3 is 0 Å². The fraction of sp³-hybridized carbons (Fsp3) is 0.227. The lowest BCUT2D eigenvalue weighted by Gasteiger charge is -2.17. The van der Waals surface area contributed by atoms with Gasteiger partial charge in [0.1, 0.15) is 0 Å². The van der Waals surface area contributed by atoms with E-state index < -0.39 is 0 Å². The monoisotopic (exact) mass is 368 g/mol. The normalized spacial score (nSPS) is 11.5. The van der Waals surface area contributed by atoms with Crippen LogP contribution < -0.4 is 0 Å². The third-order valence-corrected chi connectivity index (χ3v) is 4.37. The molecule has 138 valence electrons. The van der Waals surface area contributed by atoms with Crippen molar-refractivity contribution in [2.45, 2.75) is 27.3 Å². The lowest BCUT2D eigenvalue weighted by Crippen LogP contribution is -2.15. The van der Waals surface area contributed by atoms with Crippen LogP contribution in [0.25, 0.3) is 38.1 Å². The third kappa shape index (κ3) is 3.60. The number of fused-ring (bicyclic) bond motifs is 1. The summed E-state index contributed by atoms with van der Waals surface area (Å²) in [6.45, 7) is 14.7. The third-order valence-electron chi connectivity index (χ3n) is 4.37. The SMILES string of the molecule is [C-]#[N+]c1ccc(-c2cnn(CC(C)(C)C)c2)c(-c2ccc3ccnnc3c2)n1. The number of pyridine rings is 1. The van der Waals surface area contributed by atoms with E-state index in [1.54, 1.807) is 12.3 Å². The molecule has 3 aromatic heterocycles. The molecule has 6 nitrogen and oxygen atoms in total. The highest BCUT2D eigenvalue weighted by molar-refractivity contribution is 5.88. The van der Waals surface area contributed by atoms with Gasteiger partial charge in [0, 0.05) is 34.8 Å². The van der Waals surface area contributed by atoms with E-state index in [0.29, 0.717) is 5.82 Å². The molecule has 0 saturated carbocycles. The molecular weight excluding hydrogens is 348 g/mol. The maximum absolute atomic E-state index is 7.34. The molecule has 0 aliphatic heterocycles. The van der Waals surface area contributed by atoms with Crippen molar-refractivity contribution in [2.75, 3.05) is 0 Å². The van der Waals surface area contributed by atoms with Crippen LogP contribution in [0.3, 0.4) is 0 Å². The molecule has 28 heavy (non-hydrogen) atoms. The maximum atomic E-state index is 7.34. The quantitative estimate of drug-likeness (QED) is 0.469. The van der Waals surface area contributed by atoms with Gasteiger partial charge in [0.25, 0.3) is 5.82 Å². The first-order chi connectivity index (χ1) is 13.4.